The Bertz CT molecular complexity index is 723. The van der Waals surface area contributed by atoms with Crippen LogP contribution in [0.25, 0.3) is 11.1 Å². The van der Waals surface area contributed by atoms with Gasteiger partial charge in [0.25, 0.3) is 0 Å². The molecular weight excluding hydrogens is 317 g/mol. The van der Waals surface area contributed by atoms with E-state index in [0.717, 1.165) is 41.7 Å². The molecule has 0 saturated carbocycles. The summed E-state index contributed by atoms with van der Waals surface area (Å²) in [5, 5.41) is 0. The van der Waals surface area contributed by atoms with Crippen LogP contribution in [0.3, 0.4) is 0 Å². The fourth-order valence-corrected chi connectivity index (χ4v) is 2.97. The highest BCUT2D eigenvalue weighted by Gasteiger charge is 2.31. The van der Waals surface area contributed by atoms with Gasteiger partial charge in [-0.25, -0.2) is 0 Å². The third kappa shape index (κ3) is 3.83. The number of rotatable bonds is 5. The topological polar surface area (TPSA) is 18.5 Å². The summed E-state index contributed by atoms with van der Waals surface area (Å²) in [4.78, 5) is 0. The molecule has 0 spiro atoms. The second kappa shape index (κ2) is 6.75. The van der Waals surface area contributed by atoms with Gasteiger partial charge in [0.05, 0.1) is 6.61 Å². The van der Waals surface area contributed by atoms with Crippen molar-refractivity contribution in [2.45, 2.75) is 39.0 Å². The van der Waals surface area contributed by atoms with Gasteiger partial charge in [-0.3, -0.25) is 0 Å². The van der Waals surface area contributed by atoms with Gasteiger partial charge in [-0.15, -0.1) is 13.2 Å². The maximum atomic E-state index is 12.3. The summed E-state index contributed by atoms with van der Waals surface area (Å²) < 4.78 is 46.8. The minimum absolute atomic E-state index is 0.163. The van der Waals surface area contributed by atoms with Crippen LogP contribution in [0.15, 0.2) is 36.4 Å². The number of alkyl halides is 3. The molecule has 3 rings (SSSR count). The predicted octanol–water partition coefficient (Wildman–Crippen LogP) is 5.53. The van der Waals surface area contributed by atoms with E-state index < -0.39 is 6.36 Å². The predicted molar refractivity (Wildman–Crippen MR) is 86.4 cm³/mol. The van der Waals surface area contributed by atoms with Gasteiger partial charge >= 0.3 is 6.36 Å². The normalized spacial score (nSPS) is 13.2. The van der Waals surface area contributed by atoms with Gasteiger partial charge in [0, 0.05) is 0 Å². The molecule has 0 heterocycles. The van der Waals surface area contributed by atoms with Crippen LogP contribution in [-0.2, 0) is 12.8 Å². The molecule has 0 unspecified atom stereocenters. The molecule has 0 saturated heterocycles. The number of unbranched alkanes of at least 4 members (excludes halogenated alkanes) is 1. The number of aryl methyl sites for hydroxylation is 2. The van der Waals surface area contributed by atoms with Gasteiger partial charge in [0.15, 0.2) is 0 Å². The van der Waals surface area contributed by atoms with Crippen molar-refractivity contribution in [1.29, 1.82) is 0 Å². The summed E-state index contributed by atoms with van der Waals surface area (Å²) in [7, 11) is 0. The van der Waals surface area contributed by atoms with Crippen LogP contribution in [0, 0.1) is 0 Å². The number of fused-ring (bicyclic) bond motifs is 3. The third-order valence-corrected chi connectivity index (χ3v) is 4.11. The first-order valence-electron chi connectivity index (χ1n) is 8.11. The molecule has 0 bridgehead atoms. The zero-order valence-corrected chi connectivity index (χ0v) is 13.5. The highest BCUT2D eigenvalue weighted by Crippen LogP contribution is 2.37. The molecule has 0 aliphatic heterocycles. The van der Waals surface area contributed by atoms with E-state index in [-0.39, 0.29) is 5.75 Å². The van der Waals surface area contributed by atoms with Gasteiger partial charge in [0.1, 0.15) is 11.5 Å². The molecule has 1 aliphatic rings. The number of hydrogen-bond donors (Lipinski definition) is 0. The summed E-state index contributed by atoms with van der Waals surface area (Å²) in [5.41, 5.74) is 4.06. The van der Waals surface area contributed by atoms with E-state index in [0.29, 0.717) is 13.0 Å². The van der Waals surface area contributed by atoms with E-state index in [1.54, 1.807) is 6.07 Å². The van der Waals surface area contributed by atoms with Crippen LogP contribution in [0.4, 0.5) is 13.2 Å². The van der Waals surface area contributed by atoms with Crippen molar-refractivity contribution in [2.75, 3.05) is 6.61 Å². The monoisotopic (exact) mass is 336 g/mol. The number of hydrogen-bond acceptors (Lipinski definition) is 2. The number of ether oxygens (including phenoxy) is 2. The Morgan fingerprint density at radius 3 is 2.08 bits per heavy atom. The molecule has 0 amide bonds. The third-order valence-electron chi connectivity index (χ3n) is 4.11. The first-order chi connectivity index (χ1) is 11.5. The average Bonchev–Trinajstić information content (AvgIpc) is 2.53. The van der Waals surface area contributed by atoms with E-state index in [9.17, 15) is 13.2 Å². The first kappa shape index (κ1) is 16.7. The van der Waals surface area contributed by atoms with Gasteiger partial charge in [-0.05, 0) is 65.8 Å². The Labute approximate surface area is 139 Å². The van der Waals surface area contributed by atoms with Crippen molar-refractivity contribution in [2.24, 2.45) is 0 Å². The van der Waals surface area contributed by atoms with Crippen LogP contribution in [-0.4, -0.2) is 13.0 Å². The fourth-order valence-electron chi connectivity index (χ4n) is 2.97. The molecule has 128 valence electrons. The van der Waals surface area contributed by atoms with E-state index in [1.807, 2.05) is 18.2 Å². The summed E-state index contributed by atoms with van der Waals surface area (Å²) in [6.45, 7) is 2.81. The Morgan fingerprint density at radius 1 is 0.917 bits per heavy atom. The van der Waals surface area contributed by atoms with Crippen molar-refractivity contribution in [1.82, 2.24) is 0 Å². The van der Waals surface area contributed by atoms with E-state index in [1.165, 1.54) is 17.7 Å². The fraction of sp³-hybridized carbons (Fsp3) is 0.368. The zero-order valence-electron chi connectivity index (χ0n) is 13.5. The molecule has 2 aromatic rings. The first-order valence-corrected chi connectivity index (χ1v) is 8.11. The molecule has 0 N–H and O–H groups in total. The molecule has 0 fully saturated rings. The van der Waals surface area contributed by atoms with Crippen molar-refractivity contribution in [3.05, 3.63) is 47.5 Å². The summed E-state index contributed by atoms with van der Waals surface area (Å²) in [5.74, 6) is 0.687. The van der Waals surface area contributed by atoms with E-state index in [4.69, 9.17) is 4.74 Å². The van der Waals surface area contributed by atoms with Crippen molar-refractivity contribution >= 4 is 0 Å². The minimum Gasteiger partial charge on any atom is -0.494 e. The molecule has 5 heteroatoms. The highest BCUT2D eigenvalue weighted by molar-refractivity contribution is 5.74. The van der Waals surface area contributed by atoms with Crippen LogP contribution >= 0.6 is 0 Å². The molecule has 24 heavy (non-hydrogen) atoms. The van der Waals surface area contributed by atoms with E-state index in [2.05, 4.69) is 11.7 Å². The number of halogens is 3. The lowest BCUT2D eigenvalue weighted by Gasteiger charge is -2.21. The van der Waals surface area contributed by atoms with Gasteiger partial charge in [-0.2, -0.15) is 0 Å². The van der Waals surface area contributed by atoms with Crippen molar-refractivity contribution < 1.29 is 22.6 Å². The summed E-state index contributed by atoms with van der Waals surface area (Å²) in [6.07, 6.45) is -1.09. The maximum Gasteiger partial charge on any atom is 0.573 e. The summed E-state index contributed by atoms with van der Waals surface area (Å²) in [6, 6.07) is 10.5. The largest absolute Gasteiger partial charge is 0.573 e. The number of benzene rings is 2. The maximum absolute atomic E-state index is 12.3. The molecule has 2 nitrogen and oxygen atoms in total. The quantitative estimate of drug-likeness (QED) is 0.668. The van der Waals surface area contributed by atoms with Crippen LogP contribution in [0.1, 0.15) is 30.9 Å². The van der Waals surface area contributed by atoms with Crippen LogP contribution < -0.4 is 9.47 Å². The molecule has 0 aromatic heterocycles. The average molecular weight is 336 g/mol. The lowest BCUT2D eigenvalue weighted by atomic mass is 9.85. The Balaban J connectivity index is 1.83. The summed E-state index contributed by atoms with van der Waals surface area (Å²) >= 11 is 0. The highest BCUT2D eigenvalue weighted by atomic mass is 19.4. The molecule has 0 radical (unpaired) electrons. The van der Waals surface area contributed by atoms with Crippen LogP contribution in [0.5, 0.6) is 11.5 Å². The minimum atomic E-state index is -4.66. The SMILES string of the molecule is CCCCOc1ccc2c(c1)CCc1cc(OC(F)(F)F)ccc1-2. The molecule has 1 aliphatic carbocycles. The van der Waals surface area contributed by atoms with Crippen molar-refractivity contribution in [3.63, 3.8) is 0 Å². The lowest BCUT2D eigenvalue weighted by molar-refractivity contribution is -0.274. The van der Waals surface area contributed by atoms with Gasteiger partial charge in [-0.1, -0.05) is 25.5 Å². The molecular formula is C19H19F3O2. The Kier molecular flexibility index (Phi) is 4.69. The van der Waals surface area contributed by atoms with E-state index >= 15 is 0 Å². The molecule has 0 atom stereocenters. The Hall–Kier alpha value is -2.17. The van der Waals surface area contributed by atoms with Crippen molar-refractivity contribution in [3.8, 4) is 22.6 Å². The van der Waals surface area contributed by atoms with Crippen LogP contribution in [0.2, 0.25) is 0 Å². The smallest absolute Gasteiger partial charge is 0.494 e. The molecule has 2 aromatic carbocycles. The Morgan fingerprint density at radius 2 is 1.50 bits per heavy atom. The zero-order chi connectivity index (χ0) is 17.2. The van der Waals surface area contributed by atoms with Gasteiger partial charge in [0.2, 0.25) is 0 Å². The standard InChI is InChI=1S/C19H19F3O2/c1-2-3-10-23-15-6-8-17-13(11-15)4-5-14-12-16(7-9-18(14)17)24-19(20,21)22/h6-9,11-12H,2-5,10H2,1H3. The lowest BCUT2D eigenvalue weighted by Crippen LogP contribution is -2.17. The second-order valence-corrected chi connectivity index (χ2v) is 5.89. The second-order valence-electron chi connectivity index (χ2n) is 5.89. The van der Waals surface area contributed by atoms with Gasteiger partial charge < -0.3 is 9.47 Å².